The Morgan fingerprint density at radius 2 is 2.00 bits per heavy atom. The average Bonchev–Trinajstić information content (AvgIpc) is 3.10. The number of hydrogen-bond acceptors (Lipinski definition) is 5. The molecule has 0 aliphatic carbocycles. The number of hydrogen-bond donors (Lipinski definition) is 2. The van der Waals surface area contributed by atoms with Crippen LogP contribution in [-0.2, 0) is 11.2 Å². The molecule has 0 saturated carbocycles. The predicted octanol–water partition coefficient (Wildman–Crippen LogP) is 2.56. The maximum absolute atomic E-state index is 12.1. The van der Waals surface area contributed by atoms with Gasteiger partial charge in [-0.25, -0.2) is 0 Å². The van der Waals surface area contributed by atoms with Gasteiger partial charge in [0.05, 0.1) is 20.3 Å². The van der Waals surface area contributed by atoms with Gasteiger partial charge in [-0.1, -0.05) is 18.2 Å². The molecule has 1 aliphatic rings. The summed E-state index contributed by atoms with van der Waals surface area (Å²) >= 11 is 0. The second-order valence-electron chi connectivity index (χ2n) is 6.77. The van der Waals surface area contributed by atoms with Crippen LogP contribution >= 0.6 is 0 Å². The summed E-state index contributed by atoms with van der Waals surface area (Å²) in [5.41, 5.74) is 4.07. The highest BCUT2D eigenvalue weighted by molar-refractivity contribution is 5.91. The summed E-state index contributed by atoms with van der Waals surface area (Å²) in [5.74, 6) is 0.963. The number of rotatable bonds is 7. The Bertz CT molecular complexity index is 879. The van der Waals surface area contributed by atoms with Crippen LogP contribution in [-0.4, -0.2) is 45.4 Å². The van der Waals surface area contributed by atoms with Gasteiger partial charge in [-0.2, -0.15) is 0 Å². The van der Waals surface area contributed by atoms with Crippen molar-refractivity contribution in [3.05, 3.63) is 59.2 Å². The van der Waals surface area contributed by atoms with E-state index in [0.717, 1.165) is 24.1 Å². The maximum atomic E-state index is 12.1. The third kappa shape index (κ3) is 4.46. The van der Waals surface area contributed by atoms with Gasteiger partial charge in [-0.3, -0.25) is 4.79 Å². The van der Waals surface area contributed by atoms with Crippen LogP contribution in [0.5, 0.6) is 11.5 Å². The van der Waals surface area contributed by atoms with Gasteiger partial charge < -0.3 is 24.8 Å². The van der Waals surface area contributed by atoms with Crippen molar-refractivity contribution in [3.63, 3.8) is 0 Å². The number of nitrogens with zero attached hydrogens (tertiary/aromatic N) is 1. The fourth-order valence-corrected chi connectivity index (χ4v) is 3.30. The molecule has 2 aromatic carbocycles. The minimum atomic E-state index is -0.741. The Balaban J connectivity index is 1.56. The van der Waals surface area contributed by atoms with Crippen LogP contribution in [0.1, 0.15) is 22.8 Å². The van der Waals surface area contributed by atoms with Crippen molar-refractivity contribution in [1.29, 1.82) is 0 Å². The smallest absolute Gasteiger partial charge is 0.244 e. The van der Waals surface area contributed by atoms with E-state index in [-0.39, 0.29) is 12.5 Å². The summed E-state index contributed by atoms with van der Waals surface area (Å²) in [6, 6.07) is 11.4. The minimum absolute atomic E-state index is 0.156. The average molecular weight is 382 g/mol. The van der Waals surface area contributed by atoms with E-state index in [4.69, 9.17) is 9.47 Å². The number of ether oxygens (including phenoxy) is 2. The maximum Gasteiger partial charge on any atom is 0.244 e. The molecule has 0 bridgehead atoms. The van der Waals surface area contributed by atoms with Crippen molar-refractivity contribution < 1.29 is 19.4 Å². The van der Waals surface area contributed by atoms with Gasteiger partial charge >= 0.3 is 0 Å². The predicted molar refractivity (Wildman–Crippen MR) is 110 cm³/mol. The molecule has 0 spiro atoms. The first-order chi connectivity index (χ1) is 13.5. The van der Waals surface area contributed by atoms with E-state index < -0.39 is 6.10 Å². The quantitative estimate of drug-likeness (QED) is 0.720. The van der Waals surface area contributed by atoms with E-state index in [9.17, 15) is 9.90 Å². The Morgan fingerprint density at radius 3 is 2.75 bits per heavy atom. The van der Waals surface area contributed by atoms with Gasteiger partial charge in [0.15, 0.2) is 11.5 Å². The number of fused-ring (bicyclic) bond motifs is 1. The topological polar surface area (TPSA) is 71.0 Å². The molecule has 1 heterocycles. The third-order valence-corrected chi connectivity index (χ3v) is 4.92. The van der Waals surface area contributed by atoms with Gasteiger partial charge in [0.2, 0.25) is 5.91 Å². The summed E-state index contributed by atoms with van der Waals surface area (Å²) < 4.78 is 10.5. The van der Waals surface area contributed by atoms with Crippen LogP contribution in [0.3, 0.4) is 0 Å². The SMILES string of the molecule is COc1ccc(/C=C/C(=O)NCC(O)c2ccc3c(c2)CCN3C)cc1OC. The second-order valence-corrected chi connectivity index (χ2v) is 6.77. The summed E-state index contributed by atoms with van der Waals surface area (Å²) in [6.45, 7) is 1.15. The fraction of sp³-hybridized carbons (Fsp3) is 0.318. The molecule has 1 aliphatic heterocycles. The molecule has 28 heavy (non-hydrogen) atoms. The number of nitrogens with one attached hydrogen (secondary N) is 1. The number of carbonyl (C=O) groups is 1. The Kier molecular flexibility index (Phi) is 6.21. The van der Waals surface area contributed by atoms with Gasteiger partial charge in [0.1, 0.15) is 0 Å². The van der Waals surface area contributed by atoms with Crippen molar-refractivity contribution in [2.75, 3.05) is 39.3 Å². The summed E-state index contributed by atoms with van der Waals surface area (Å²) in [6.07, 6.45) is 3.36. The zero-order valence-corrected chi connectivity index (χ0v) is 16.4. The van der Waals surface area contributed by atoms with Gasteiger partial charge in [0.25, 0.3) is 0 Å². The highest BCUT2D eigenvalue weighted by atomic mass is 16.5. The van der Waals surface area contributed by atoms with Crippen LogP contribution < -0.4 is 19.7 Å². The summed E-state index contributed by atoms with van der Waals surface area (Å²) in [7, 11) is 5.20. The lowest BCUT2D eigenvalue weighted by atomic mass is 10.0. The van der Waals surface area contributed by atoms with Crippen LogP contribution in [0.15, 0.2) is 42.5 Å². The van der Waals surface area contributed by atoms with Crippen LogP contribution in [0.25, 0.3) is 6.08 Å². The van der Waals surface area contributed by atoms with E-state index >= 15 is 0 Å². The lowest BCUT2D eigenvalue weighted by Crippen LogP contribution is -2.26. The number of carbonyl (C=O) groups excluding carboxylic acids is 1. The number of methoxy groups -OCH3 is 2. The molecule has 6 heteroatoms. The summed E-state index contributed by atoms with van der Waals surface area (Å²) in [4.78, 5) is 14.3. The van der Waals surface area contributed by atoms with E-state index in [1.165, 1.54) is 17.3 Å². The van der Waals surface area contributed by atoms with Crippen molar-refractivity contribution in [2.24, 2.45) is 0 Å². The molecule has 1 amide bonds. The van der Waals surface area contributed by atoms with Gasteiger partial charge in [-0.05, 0) is 47.4 Å². The molecular weight excluding hydrogens is 356 g/mol. The zero-order chi connectivity index (χ0) is 20.1. The first kappa shape index (κ1) is 19.8. The van der Waals surface area contributed by atoms with Crippen molar-refractivity contribution in [2.45, 2.75) is 12.5 Å². The van der Waals surface area contributed by atoms with E-state index in [0.29, 0.717) is 11.5 Å². The first-order valence-electron chi connectivity index (χ1n) is 9.21. The van der Waals surface area contributed by atoms with Crippen LogP contribution in [0.2, 0.25) is 0 Å². The molecular formula is C22H26N2O4. The number of likely N-dealkylation sites (N-methyl/N-ethyl adjacent to an activating group) is 1. The standard InChI is InChI=1S/C22H26N2O4/c1-24-11-10-16-13-17(6-7-18(16)24)19(25)14-23-22(26)9-5-15-4-8-20(27-2)21(12-15)28-3/h4-9,12-13,19,25H,10-11,14H2,1-3H3,(H,23,26)/b9-5+. The number of benzene rings is 2. The molecule has 1 atom stereocenters. The van der Waals surface area contributed by atoms with Crippen molar-refractivity contribution in [1.82, 2.24) is 5.32 Å². The Hall–Kier alpha value is -2.99. The number of aliphatic hydroxyl groups is 1. The highest BCUT2D eigenvalue weighted by Crippen LogP contribution is 2.29. The highest BCUT2D eigenvalue weighted by Gasteiger charge is 2.18. The molecule has 0 fully saturated rings. The number of aliphatic hydroxyl groups excluding tert-OH is 1. The van der Waals surface area contributed by atoms with Crippen molar-refractivity contribution >= 4 is 17.7 Å². The summed E-state index contributed by atoms with van der Waals surface area (Å²) in [5, 5.41) is 13.1. The lowest BCUT2D eigenvalue weighted by Gasteiger charge is -2.15. The Labute approximate surface area is 165 Å². The molecule has 2 aromatic rings. The van der Waals surface area contributed by atoms with Crippen LogP contribution in [0, 0.1) is 0 Å². The van der Waals surface area contributed by atoms with Crippen molar-refractivity contribution in [3.8, 4) is 11.5 Å². The minimum Gasteiger partial charge on any atom is -0.493 e. The molecule has 0 radical (unpaired) electrons. The Morgan fingerprint density at radius 1 is 1.21 bits per heavy atom. The molecule has 2 N–H and O–H groups in total. The normalized spacial score (nSPS) is 14.1. The monoisotopic (exact) mass is 382 g/mol. The third-order valence-electron chi connectivity index (χ3n) is 4.92. The molecule has 0 saturated heterocycles. The van der Waals surface area contributed by atoms with Crippen LogP contribution in [0.4, 0.5) is 5.69 Å². The zero-order valence-electron chi connectivity index (χ0n) is 16.4. The fourth-order valence-electron chi connectivity index (χ4n) is 3.30. The van der Waals surface area contributed by atoms with E-state index in [1.807, 2.05) is 24.3 Å². The van der Waals surface area contributed by atoms with Gasteiger partial charge in [-0.15, -0.1) is 0 Å². The first-order valence-corrected chi connectivity index (χ1v) is 9.21. The lowest BCUT2D eigenvalue weighted by molar-refractivity contribution is -0.116. The number of amides is 1. The molecule has 6 nitrogen and oxygen atoms in total. The molecule has 148 valence electrons. The van der Waals surface area contributed by atoms with Gasteiger partial charge in [0, 0.05) is 31.9 Å². The second kappa shape index (κ2) is 8.80. The van der Waals surface area contributed by atoms with E-state index in [1.54, 1.807) is 32.4 Å². The molecule has 0 aromatic heterocycles. The molecule has 3 rings (SSSR count). The largest absolute Gasteiger partial charge is 0.493 e. The molecule has 1 unspecified atom stereocenters. The number of anilines is 1. The van der Waals surface area contributed by atoms with E-state index in [2.05, 4.69) is 17.3 Å².